The van der Waals surface area contributed by atoms with Crippen molar-refractivity contribution in [3.63, 3.8) is 0 Å². The van der Waals surface area contributed by atoms with E-state index >= 15 is 0 Å². The lowest BCUT2D eigenvalue weighted by molar-refractivity contribution is 0.322. The zero-order valence-corrected chi connectivity index (χ0v) is 13.2. The molecule has 1 unspecified atom stereocenters. The maximum atomic E-state index is 14.1. The average Bonchev–Trinajstić information content (AvgIpc) is 2.98. The van der Waals surface area contributed by atoms with E-state index in [0.717, 1.165) is 11.4 Å². The Morgan fingerprint density at radius 2 is 1.74 bits per heavy atom. The first-order valence-electron chi connectivity index (χ1n) is 7.51. The Balaban J connectivity index is 1.89. The molecule has 0 aliphatic carbocycles. The van der Waals surface area contributed by atoms with Crippen LogP contribution in [0.4, 0.5) is 4.39 Å². The first-order valence-corrected chi connectivity index (χ1v) is 7.51. The molecule has 0 aliphatic heterocycles. The quantitative estimate of drug-likeness (QED) is 0.787. The van der Waals surface area contributed by atoms with Gasteiger partial charge in [-0.05, 0) is 25.7 Å². The summed E-state index contributed by atoms with van der Waals surface area (Å²) in [6.45, 7) is 0. The Bertz CT molecular complexity index is 767. The van der Waals surface area contributed by atoms with Gasteiger partial charge in [0.2, 0.25) is 0 Å². The number of aromatic nitrogens is 3. The SMILES string of the molecule is CN(C)C(c1n[nH]c(Cc2ccccc2)n1)c1ccccc1F. The van der Waals surface area contributed by atoms with Gasteiger partial charge in [0, 0.05) is 12.0 Å². The molecular weight excluding hydrogens is 291 g/mol. The topological polar surface area (TPSA) is 44.8 Å². The zero-order valence-electron chi connectivity index (χ0n) is 13.2. The van der Waals surface area contributed by atoms with Gasteiger partial charge in [-0.25, -0.2) is 9.37 Å². The standard InChI is InChI=1S/C18H19FN4/c1-23(2)17(14-10-6-7-11-15(14)19)18-20-16(21-22-18)12-13-8-4-3-5-9-13/h3-11,17H,12H2,1-2H3,(H,20,21,22). The number of benzene rings is 2. The van der Waals surface area contributed by atoms with Crippen LogP contribution in [0.15, 0.2) is 54.6 Å². The minimum Gasteiger partial charge on any atom is -0.296 e. The van der Waals surface area contributed by atoms with Crippen LogP contribution in [-0.2, 0) is 6.42 Å². The van der Waals surface area contributed by atoms with Crippen molar-refractivity contribution in [2.75, 3.05) is 14.1 Å². The highest BCUT2D eigenvalue weighted by Gasteiger charge is 2.24. The van der Waals surface area contributed by atoms with Crippen molar-refractivity contribution in [2.24, 2.45) is 0 Å². The maximum absolute atomic E-state index is 14.1. The molecule has 0 aliphatic rings. The summed E-state index contributed by atoms with van der Waals surface area (Å²) < 4.78 is 14.1. The van der Waals surface area contributed by atoms with E-state index in [1.165, 1.54) is 6.07 Å². The van der Waals surface area contributed by atoms with Gasteiger partial charge in [0.05, 0.1) is 6.04 Å². The van der Waals surface area contributed by atoms with E-state index in [1.807, 2.05) is 55.4 Å². The summed E-state index contributed by atoms with van der Waals surface area (Å²) in [7, 11) is 3.79. The molecule has 0 radical (unpaired) electrons. The highest BCUT2D eigenvalue weighted by molar-refractivity contribution is 5.27. The van der Waals surface area contributed by atoms with Crippen molar-refractivity contribution in [3.05, 3.63) is 83.2 Å². The van der Waals surface area contributed by atoms with E-state index < -0.39 is 0 Å². The molecule has 3 rings (SSSR count). The van der Waals surface area contributed by atoms with E-state index in [-0.39, 0.29) is 11.9 Å². The molecule has 4 nitrogen and oxygen atoms in total. The summed E-state index contributed by atoms with van der Waals surface area (Å²) in [5.41, 5.74) is 1.73. The third-order valence-corrected chi connectivity index (χ3v) is 3.72. The number of aromatic amines is 1. The van der Waals surface area contributed by atoms with Gasteiger partial charge in [0.15, 0.2) is 5.82 Å². The van der Waals surface area contributed by atoms with Crippen molar-refractivity contribution >= 4 is 0 Å². The number of H-pyrrole nitrogens is 1. The molecule has 1 N–H and O–H groups in total. The number of hydrogen-bond acceptors (Lipinski definition) is 3. The maximum Gasteiger partial charge on any atom is 0.172 e. The largest absolute Gasteiger partial charge is 0.296 e. The average molecular weight is 310 g/mol. The molecule has 0 saturated carbocycles. The Hall–Kier alpha value is -2.53. The second-order valence-corrected chi connectivity index (χ2v) is 5.69. The fourth-order valence-corrected chi connectivity index (χ4v) is 2.65. The normalized spacial score (nSPS) is 12.5. The molecule has 1 heterocycles. The third-order valence-electron chi connectivity index (χ3n) is 3.72. The zero-order chi connectivity index (χ0) is 16.2. The lowest BCUT2D eigenvalue weighted by Crippen LogP contribution is -2.23. The Labute approximate surface area is 135 Å². The predicted octanol–water partition coefficient (Wildman–Crippen LogP) is 3.19. The molecule has 0 amide bonds. The predicted molar refractivity (Wildman–Crippen MR) is 87.6 cm³/mol. The van der Waals surface area contributed by atoms with Crippen molar-refractivity contribution in [1.82, 2.24) is 20.1 Å². The number of nitrogens with zero attached hydrogens (tertiary/aromatic N) is 3. The highest BCUT2D eigenvalue weighted by atomic mass is 19.1. The van der Waals surface area contributed by atoms with Crippen LogP contribution >= 0.6 is 0 Å². The highest BCUT2D eigenvalue weighted by Crippen LogP contribution is 2.26. The van der Waals surface area contributed by atoms with Gasteiger partial charge < -0.3 is 0 Å². The Morgan fingerprint density at radius 3 is 2.43 bits per heavy atom. The molecule has 5 heteroatoms. The van der Waals surface area contributed by atoms with Crippen LogP contribution in [0.2, 0.25) is 0 Å². The van der Waals surface area contributed by atoms with Crippen molar-refractivity contribution < 1.29 is 4.39 Å². The van der Waals surface area contributed by atoms with Gasteiger partial charge in [-0.3, -0.25) is 10.00 Å². The molecule has 118 valence electrons. The van der Waals surface area contributed by atoms with Gasteiger partial charge in [0.1, 0.15) is 11.6 Å². The molecule has 0 saturated heterocycles. The van der Waals surface area contributed by atoms with Gasteiger partial charge in [-0.15, -0.1) is 0 Å². The molecular formula is C18H19FN4. The van der Waals surface area contributed by atoms with Crippen molar-refractivity contribution in [1.29, 1.82) is 0 Å². The fourth-order valence-electron chi connectivity index (χ4n) is 2.65. The van der Waals surface area contributed by atoms with E-state index in [2.05, 4.69) is 15.2 Å². The summed E-state index contributed by atoms with van der Waals surface area (Å²) >= 11 is 0. The summed E-state index contributed by atoms with van der Waals surface area (Å²) in [5, 5.41) is 7.28. The van der Waals surface area contributed by atoms with Crippen LogP contribution in [0.3, 0.4) is 0 Å². The van der Waals surface area contributed by atoms with Crippen LogP contribution < -0.4 is 0 Å². The molecule has 23 heavy (non-hydrogen) atoms. The summed E-state index contributed by atoms with van der Waals surface area (Å²) in [6, 6.07) is 16.5. The fraction of sp³-hybridized carbons (Fsp3) is 0.222. The lowest BCUT2D eigenvalue weighted by Gasteiger charge is -2.22. The molecule has 0 spiro atoms. The Morgan fingerprint density at radius 1 is 1.04 bits per heavy atom. The van der Waals surface area contributed by atoms with Crippen LogP contribution in [0.1, 0.15) is 28.8 Å². The van der Waals surface area contributed by atoms with Gasteiger partial charge in [-0.2, -0.15) is 5.10 Å². The summed E-state index contributed by atoms with van der Waals surface area (Å²) in [5.74, 6) is 1.10. The lowest BCUT2D eigenvalue weighted by atomic mass is 10.0. The monoisotopic (exact) mass is 310 g/mol. The minimum absolute atomic E-state index is 0.249. The molecule has 2 aromatic carbocycles. The number of rotatable bonds is 5. The van der Waals surface area contributed by atoms with Crippen LogP contribution in [0.25, 0.3) is 0 Å². The van der Waals surface area contributed by atoms with Crippen molar-refractivity contribution in [2.45, 2.75) is 12.5 Å². The van der Waals surface area contributed by atoms with Crippen molar-refractivity contribution in [3.8, 4) is 0 Å². The van der Waals surface area contributed by atoms with E-state index in [1.54, 1.807) is 12.1 Å². The van der Waals surface area contributed by atoms with Gasteiger partial charge in [-0.1, -0.05) is 48.5 Å². The molecule has 0 fully saturated rings. The van der Waals surface area contributed by atoms with E-state index in [4.69, 9.17) is 0 Å². The third kappa shape index (κ3) is 3.46. The Kier molecular flexibility index (Phi) is 4.48. The van der Waals surface area contributed by atoms with Crippen LogP contribution in [-0.4, -0.2) is 34.2 Å². The second-order valence-electron chi connectivity index (χ2n) is 5.69. The minimum atomic E-state index is -0.322. The molecule has 1 aromatic heterocycles. The number of hydrogen-bond donors (Lipinski definition) is 1. The van der Waals surface area contributed by atoms with E-state index in [9.17, 15) is 4.39 Å². The molecule has 0 bridgehead atoms. The first kappa shape index (κ1) is 15.4. The first-order chi connectivity index (χ1) is 11.1. The van der Waals surface area contributed by atoms with Crippen LogP contribution in [0, 0.1) is 5.82 Å². The van der Waals surface area contributed by atoms with Gasteiger partial charge in [0.25, 0.3) is 0 Å². The smallest absolute Gasteiger partial charge is 0.172 e. The molecule has 3 aromatic rings. The number of nitrogens with one attached hydrogen (secondary N) is 1. The van der Waals surface area contributed by atoms with Crippen LogP contribution in [0.5, 0.6) is 0 Å². The van der Waals surface area contributed by atoms with Gasteiger partial charge >= 0.3 is 0 Å². The number of halogens is 1. The summed E-state index contributed by atoms with van der Waals surface area (Å²) in [6.07, 6.45) is 0.672. The summed E-state index contributed by atoms with van der Waals surface area (Å²) in [4.78, 5) is 6.48. The second kappa shape index (κ2) is 6.71. The van der Waals surface area contributed by atoms with E-state index in [0.29, 0.717) is 17.8 Å². The molecule has 1 atom stereocenters.